The molecule has 2 aromatic heterocycles. The van der Waals surface area contributed by atoms with Crippen molar-refractivity contribution in [3.8, 4) is 0 Å². The Morgan fingerprint density at radius 2 is 2.14 bits per heavy atom. The summed E-state index contributed by atoms with van der Waals surface area (Å²) in [6.45, 7) is 7.70. The highest BCUT2D eigenvalue weighted by Crippen LogP contribution is 2.55. The fraction of sp³-hybridized carbons (Fsp3) is 0.591. The van der Waals surface area contributed by atoms with E-state index in [4.69, 9.17) is 11.6 Å². The first kappa shape index (κ1) is 19.7. The van der Waals surface area contributed by atoms with Crippen molar-refractivity contribution in [3.63, 3.8) is 0 Å². The molecule has 2 aromatic rings. The van der Waals surface area contributed by atoms with Gasteiger partial charge in [-0.2, -0.15) is 0 Å². The number of anilines is 1. The third-order valence-corrected chi connectivity index (χ3v) is 8.60. The van der Waals surface area contributed by atoms with E-state index < -0.39 is 0 Å². The van der Waals surface area contributed by atoms with Crippen molar-refractivity contribution in [3.05, 3.63) is 41.6 Å². The Labute approximate surface area is 180 Å². The first-order valence-corrected chi connectivity index (χ1v) is 12.3. The molecule has 5 rings (SSSR count). The van der Waals surface area contributed by atoms with Gasteiger partial charge in [0, 0.05) is 67.5 Å². The number of nitrogens with zero attached hydrogens (tertiary/aromatic N) is 5. The molecule has 1 saturated carbocycles. The minimum atomic E-state index is 0.536. The van der Waals surface area contributed by atoms with Gasteiger partial charge in [0.05, 0.1) is 0 Å². The van der Waals surface area contributed by atoms with Crippen LogP contribution in [0.4, 0.5) is 5.82 Å². The quantitative estimate of drug-likeness (QED) is 0.521. The molecule has 1 spiro atoms. The Hall–Kier alpha value is -1.29. The molecule has 0 bridgehead atoms. The molecule has 0 amide bonds. The normalized spacial score (nSPS) is 21.4. The van der Waals surface area contributed by atoms with Crippen molar-refractivity contribution in [1.29, 1.82) is 0 Å². The number of hydrogen-bond donors (Lipinski definition) is 0. The topological polar surface area (TPSA) is 45.2 Å². The average molecular weight is 430 g/mol. The zero-order valence-electron chi connectivity index (χ0n) is 17.1. The van der Waals surface area contributed by atoms with Gasteiger partial charge in [-0.15, -0.1) is 11.6 Å². The number of fused-ring (bicyclic) bond motifs is 1. The number of aryl methyl sites for hydroxylation is 1. The lowest BCUT2D eigenvalue weighted by atomic mass is 9.63. The molecule has 5 nitrogen and oxygen atoms in total. The zero-order valence-corrected chi connectivity index (χ0v) is 18.8. The molecule has 1 aliphatic carbocycles. The smallest absolute Gasteiger partial charge is 0.134 e. The SMILES string of the molecule is Cc1cncnc1N1CC2(CC(Pc3ccnc4c3CN(CCCCl)CC4)C2)C1. The van der Waals surface area contributed by atoms with Crippen molar-refractivity contribution in [2.24, 2.45) is 5.41 Å². The third kappa shape index (κ3) is 3.89. The van der Waals surface area contributed by atoms with E-state index in [1.54, 1.807) is 11.6 Å². The van der Waals surface area contributed by atoms with Gasteiger partial charge in [0.1, 0.15) is 12.1 Å². The molecule has 1 saturated heterocycles. The lowest BCUT2D eigenvalue weighted by molar-refractivity contribution is 0.0964. The second kappa shape index (κ2) is 8.09. The Kier molecular flexibility index (Phi) is 5.49. The lowest BCUT2D eigenvalue weighted by Gasteiger charge is -2.59. The summed E-state index contributed by atoms with van der Waals surface area (Å²) < 4.78 is 0. The molecule has 7 heteroatoms. The van der Waals surface area contributed by atoms with Crippen LogP contribution in [0.2, 0.25) is 0 Å². The summed E-state index contributed by atoms with van der Waals surface area (Å²) in [7, 11) is 0.919. The van der Waals surface area contributed by atoms with Crippen LogP contribution in [0, 0.1) is 12.3 Å². The Morgan fingerprint density at radius 1 is 1.28 bits per heavy atom. The molecular formula is C22H29ClN5P. The van der Waals surface area contributed by atoms with E-state index in [2.05, 4.69) is 37.7 Å². The molecule has 1 atom stereocenters. The van der Waals surface area contributed by atoms with Crippen molar-refractivity contribution in [2.45, 2.75) is 44.8 Å². The van der Waals surface area contributed by atoms with Gasteiger partial charge in [0.25, 0.3) is 0 Å². The van der Waals surface area contributed by atoms with Gasteiger partial charge in [-0.25, -0.2) is 9.97 Å². The van der Waals surface area contributed by atoms with E-state index in [-0.39, 0.29) is 0 Å². The molecule has 0 N–H and O–H groups in total. The van der Waals surface area contributed by atoms with E-state index in [1.807, 2.05) is 12.4 Å². The van der Waals surface area contributed by atoms with E-state index in [9.17, 15) is 0 Å². The number of aromatic nitrogens is 3. The van der Waals surface area contributed by atoms with Crippen molar-refractivity contribution in [2.75, 3.05) is 37.0 Å². The highest BCUT2D eigenvalue weighted by atomic mass is 35.5. The first-order chi connectivity index (χ1) is 14.2. The van der Waals surface area contributed by atoms with E-state index in [0.29, 0.717) is 5.41 Å². The van der Waals surface area contributed by atoms with Gasteiger partial charge in [0.15, 0.2) is 0 Å². The highest BCUT2D eigenvalue weighted by molar-refractivity contribution is 7.48. The first-order valence-electron chi connectivity index (χ1n) is 10.7. The minimum Gasteiger partial charge on any atom is -0.355 e. The van der Waals surface area contributed by atoms with Crippen LogP contribution >= 0.6 is 20.2 Å². The highest BCUT2D eigenvalue weighted by Gasteiger charge is 2.52. The third-order valence-electron chi connectivity index (χ3n) is 6.74. The molecule has 2 fully saturated rings. The van der Waals surface area contributed by atoms with Gasteiger partial charge >= 0.3 is 0 Å². The van der Waals surface area contributed by atoms with E-state index in [0.717, 1.165) is 71.5 Å². The summed E-state index contributed by atoms with van der Waals surface area (Å²) in [5.74, 6) is 1.87. The number of hydrogen-bond acceptors (Lipinski definition) is 5. The standard InChI is InChI=1S/C22H29ClN5P/c1-16-11-24-15-26-21(16)28-13-22(14-28)9-17(10-22)29-20-3-6-25-19-4-8-27(7-2-5-23)12-18(19)20/h3,6,11,15,17,29H,2,4-5,7-10,12-14H2,1H3. The predicted molar refractivity (Wildman–Crippen MR) is 121 cm³/mol. The second-order valence-electron chi connectivity index (χ2n) is 8.99. The zero-order chi connectivity index (χ0) is 19.8. The van der Waals surface area contributed by atoms with E-state index >= 15 is 0 Å². The monoisotopic (exact) mass is 429 g/mol. The van der Waals surface area contributed by atoms with Crippen LogP contribution in [-0.2, 0) is 13.0 Å². The Balaban J connectivity index is 1.18. The van der Waals surface area contributed by atoms with Crippen molar-refractivity contribution < 1.29 is 0 Å². The van der Waals surface area contributed by atoms with Gasteiger partial charge in [-0.3, -0.25) is 9.88 Å². The number of halogens is 1. The Morgan fingerprint density at radius 3 is 2.93 bits per heavy atom. The summed E-state index contributed by atoms with van der Waals surface area (Å²) in [5.41, 5.74) is 5.41. The summed E-state index contributed by atoms with van der Waals surface area (Å²) >= 11 is 5.90. The number of pyridine rings is 1. The lowest BCUT2D eigenvalue weighted by Crippen LogP contribution is -2.63. The van der Waals surface area contributed by atoms with Crippen molar-refractivity contribution in [1.82, 2.24) is 19.9 Å². The largest absolute Gasteiger partial charge is 0.355 e. The van der Waals surface area contributed by atoms with Gasteiger partial charge in [0.2, 0.25) is 0 Å². The molecule has 1 unspecified atom stereocenters. The maximum Gasteiger partial charge on any atom is 0.134 e. The van der Waals surface area contributed by atoms with Crippen LogP contribution < -0.4 is 10.2 Å². The molecule has 3 aliphatic rings. The molecule has 0 aromatic carbocycles. The van der Waals surface area contributed by atoms with Crippen LogP contribution in [0.25, 0.3) is 0 Å². The summed E-state index contributed by atoms with van der Waals surface area (Å²) in [4.78, 5) is 18.3. The molecule has 4 heterocycles. The van der Waals surface area contributed by atoms with Crippen LogP contribution in [0.1, 0.15) is 36.1 Å². The Bertz CT molecular complexity index is 877. The van der Waals surface area contributed by atoms with Gasteiger partial charge in [-0.1, -0.05) is 8.58 Å². The molecular weight excluding hydrogens is 401 g/mol. The van der Waals surface area contributed by atoms with Crippen LogP contribution in [0.15, 0.2) is 24.8 Å². The van der Waals surface area contributed by atoms with Crippen LogP contribution in [-0.4, -0.2) is 57.6 Å². The second-order valence-corrected chi connectivity index (χ2v) is 11.0. The average Bonchev–Trinajstić information content (AvgIpc) is 2.68. The summed E-state index contributed by atoms with van der Waals surface area (Å²) in [6.07, 6.45) is 10.5. The summed E-state index contributed by atoms with van der Waals surface area (Å²) in [5, 5.41) is 1.56. The molecule has 154 valence electrons. The van der Waals surface area contributed by atoms with Crippen molar-refractivity contribution >= 4 is 31.3 Å². The molecule has 0 radical (unpaired) electrons. The van der Waals surface area contributed by atoms with Gasteiger partial charge in [-0.05, 0) is 55.3 Å². The molecule has 2 aliphatic heterocycles. The fourth-order valence-corrected chi connectivity index (χ4v) is 7.50. The van der Waals surface area contributed by atoms with Crippen LogP contribution in [0.5, 0.6) is 0 Å². The fourth-order valence-electron chi connectivity index (χ4n) is 5.31. The number of alkyl halides is 1. The predicted octanol–water partition coefficient (Wildman–Crippen LogP) is 3.14. The molecule has 29 heavy (non-hydrogen) atoms. The van der Waals surface area contributed by atoms with Gasteiger partial charge < -0.3 is 4.90 Å². The van der Waals surface area contributed by atoms with E-state index in [1.165, 1.54) is 29.7 Å². The number of rotatable bonds is 6. The maximum absolute atomic E-state index is 5.90. The minimum absolute atomic E-state index is 0.536. The maximum atomic E-state index is 5.90. The summed E-state index contributed by atoms with van der Waals surface area (Å²) in [6, 6.07) is 2.28. The van der Waals surface area contributed by atoms with Crippen LogP contribution in [0.3, 0.4) is 0 Å².